The Balaban J connectivity index is 2.34. The molecule has 0 radical (unpaired) electrons. The highest BCUT2D eigenvalue weighted by Gasteiger charge is 2.31. The van der Waals surface area contributed by atoms with Crippen molar-refractivity contribution in [3.63, 3.8) is 0 Å². The molecule has 0 saturated heterocycles. The van der Waals surface area contributed by atoms with Crippen LogP contribution in [0, 0.1) is 5.92 Å². The van der Waals surface area contributed by atoms with Crippen molar-refractivity contribution in [3.05, 3.63) is 11.8 Å². The van der Waals surface area contributed by atoms with Crippen LogP contribution in [0.5, 0.6) is 0 Å². The van der Waals surface area contributed by atoms with Gasteiger partial charge in [0, 0.05) is 0 Å². The van der Waals surface area contributed by atoms with E-state index in [0.29, 0.717) is 12.2 Å². The van der Waals surface area contributed by atoms with Crippen molar-refractivity contribution in [1.82, 2.24) is 0 Å². The Hall–Kier alpha value is -1.32. The van der Waals surface area contributed by atoms with Crippen LogP contribution in [0.3, 0.4) is 0 Å². The van der Waals surface area contributed by atoms with Crippen LogP contribution >= 0.6 is 0 Å². The molecule has 0 spiro atoms. The summed E-state index contributed by atoms with van der Waals surface area (Å²) in [5.74, 6) is -0.661. The molecule has 0 bridgehead atoms. The molecular formula is C10H14O4. The molecule has 0 aromatic carbocycles. The van der Waals surface area contributed by atoms with Gasteiger partial charge in [0.2, 0.25) is 0 Å². The van der Waals surface area contributed by atoms with Crippen LogP contribution in [0.15, 0.2) is 11.8 Å². The van der Waals surface area contributed by atoms with E-state index in [-0.39, 0.29) is 11.9 Å². The third-order valence-corrected chi connectivity index (χ3v) is 1.86. The van der Waals surface area contributed by atoms with Gasteiger partial charge < -0.3 is 9.47 Å². The highest BCUT2D eigenvalue weighted by Crippen LogP contribution is 2.30. The smallest absolute Gasteiger partial charge is 0.336 e. The van der Waals surface area contributed by atoms with E-state index < -0.39 is 5.97 Å². The van der Waals surface area contributed by atoms with Crippen molar-refractivity contribution in [3.8, 4) is 0 Å². The van der Waals surface area contributed by atoms with E-state index >= 15 is 0 Å². The minimum Gasteiger partial charge on any atom is -0.463 e. The number of carbonyl (C=O) groups excluding carboxylic acids is 2. The van der Waals surface area contributed by atoms with Gasteiger partial charge in [0.15, 0.2) is 0 Å². The van der Waals surface area contributed by atoms with E-state index in [2.05, 4.69) is 0 Å². The van der Waals surface area contributed by atoms with Gasteiger partial charge in [0.05, 0.1) is 18.1 Å². The lowest BCUT2D eigenvalue weighted by Gasteiger charge is -2.01. The van der Waals surface area contributed by atoms with Gasteiger partial charge >= 0.3 is 11.9 Å². The fourth-order valence-electron chi connectivity index (χ4n) is 0.855. The topological polar surface area (TPSA) is 52.6 Å². The van der Waals surface area contributed by atoms with Crippen molar-refractivity contribution in [1.29, 1.82) is 0 Å². The zero-order valence-corrected chi connectivity index (χ0v) is 8.41. The number of ether oxygens (including phenoxy) is 2. The predicted molar refractivity (Wildman–Crippen MR) is 49.2 cm³/mol. The maximum absolute atomic E-state index is 11.1. The van der Waals surface area contributed by atoms with Crippen LogP contribution in [-0.4, -0.2) is 18.5 Å². The zero-order chi connectivity index (χ0) is 10.6. The summed E-state index contributed by atoms with van der Waals surface area (Å²) in [5.41, 5.74) is 0.306. The Morgan fingerprint density at radius 2 is 2.07 bits per heavy atom. The average Bonchev–Trinajstić information content (AvgIpc) is 2.97. The highest BCUT2D eigenvalue weighted by molar-refractivity contribution is 5.88. The van der Waals surface area contributed by atoms with Crippen LogP contribution in [0.1, 0.15) is 26.7 Å². The summed E-state index contributed by atoms with van der Waals surface area (Å²) in [4.78, 5) is 22.1. The standard InChI is InChI=1S/C10H14O4/c1-3-13-9(11)7(2)6-14-10(12)8-4-5-8/h6,8H,3-5H2,1-2H3/b7-6+. The minimum absolute atomic E-state index is 0.0428. The maximum Gasteiger partial charge on any atom is 0.336 e. The van der Waals surface area contributed by atoms with Crippen LogP contribution < -0.4 is 0 Å². The van der Waals surface area contributed by atoms with Crippen LogP contribution in [0.2, 0.25) is 0 Å². The largest absolute Gasteiger partial charge is 0.463 e. The van der Waals surface area contributed by atoms with Gasteiger partial charge in [-0.25, -0.2) is 4.79 Å². The minimum atomic E-state index is -0.448. The second kappa shape index (κ2) is 4.79. The van der Waals surface area contributed by atoms with E-state index in [1.54, 1.807) is 13.8 Å². The first-order chi connectivity index (χ1) is 6.65. The van der Waals surface area contributed by atoms with E-state index in [1.165, 1.54) is 6.26 Å². The molecule has 78 valence electrons. The molecule has 0 N–H and O–H groups in total. The molecule has 0 heterocycles. The second-order valence-electron chi connectivity index (χ2n) is 3.23. The van der Waals surface area contributed by atoms with Gasteiger partial charge in [-0.1, -0.05) is 0 Å². The fraction of sp³-hybridized carbons (Fsp3) is 0.600. The first-order valence-corrected chi connectivity index (χ1v) is 4.69. The molecule has 4 nitrogen and oxygen atoms in total. The number of hydrogen-bond acceptors (Lipinski definition) is 4. The number of carbonyl (C=O) groups is 2. The summed E-state index contributed by atoms with van der Waals surface area (Å²) >= 11 is 0. The van der Waals surface area contributed by atoms with Crippen LogP contribution in [-0.2, 0) is 19.1 Å². The molecule has 1 fully saturated rings. The molecule has 0 aromatic heterocycles. The highest BCUT2D eigenvalue weighted by atomic mass is 16.5. The number of esters is 2. The lowest BCUT2D eigenvalue weighted by Crippen LogP contribution is -2.08. The lowest BCUT2D eigenvalue weighted by molar-refractivity contribution is -0.140. The second-order valence-corrected chi connectivity index (χ2v) is 3.23. The molecule has 1 aliphatic rings. The van der Waals surface area contributed by atoms with Gasteiger partial charge in [-0.3, -0.25) is 4.79 Å². The molecule has 14 heavy (non-hydrogen) atoms. The average molecular weight is 198 g/mol. The quantitative estimate of drug-likeness (QED) is 0.389. The van der Waals surface area contributed by atoms with Crippen molar-refractivity contribution in [2.75, 3.05) is 6.61 Å². The van der Waals surface area contributed by atoms with E-state index in [0.717, 1.165) is 12.8 Å². The molecule has 0 atom stereocenters. The van der Waals surface area contributed by atoms with E-state index in [9.17, 15) is 9.59 Å². The first kappa shape index (κ1) is 10.8. The van der Waals surface area contributed by atoms with Crippen LogP contribution in [0.25, 0.3) is 0 Å². The summed E-state index contributed by atoms with van der Waals surface area (Å²) < 4.78 is 9.51. The Kier molecular flexibility index (Phi) is 3.68. The Morgan fingerprint density at radius 3 is 2.57 bits per heavy atom. The SMILES string of the molecule is CCOC(=O)/C(C)=C/OC(=O)C1CC1. The van der Waals surface area contributed by atoms with Gasteiger partial charge in [-0.05, 0) is 26.7 Å². The van der Waals surface area contributed by atoms with E-state index in [1.807, 2.05) is 0 Å². The monoisotopic (exact) mass is 198 g/mol. The van der Waals surface area contributed by atoms with E-state index in [4.69, 9.17) is 9.47 Å². The first-order valence-electron chi connectivity index (χ1n) is 4.69. The predicted octanol–water partition coefficient (Wildman–Crippen LogP) is 1.41. The Morgan fingerprint density at radius 1 is 1.43 bits per heavy atom. The molecule has 0 aliphatic heterocycles. The summed E-state index contributed by atoms with van der Waals surface area (Å²) in [5, 5.41) is 0. The normalized spacial score (nSPS) is 16.3. The van der Waals surface area contributed by atoms with Gasteiger partial charge in [0.25, 0.3) is 0 Å². The number of hydrogen-bond donors (Lipinski definition) is 0. The fourth-order valence-corrected chi connectivity index (χ4v) is 0.855. The number of rotatable bonds is 4. The van der Waals surface area contributed by atoms with Crippen molar-refractivity contribution in [2.45, 2.75) is 26.7 Å². The Labute approximate surface area is 82.9 Å². The molecule has 1 aliphatic carbocycles. The van der Waals surface area contributed by atoms with Crippen molar-refractivity contribution < 1.29 is 19.1 Å². The third-order valence-electron chi connectivity index (χ3n) is 1.86. The molecule has 1 saturated carbocycles. The van der Waals surface area contributed by atoms with Crippen molar-refractivity contribution >= 4 is 11.9 Å². The van der Waals surface area contributed by atoms with Gasteiger partial charge in [-0.15, -0.1) is 0 Å². The lowest BCUT2D eigenvalue weighted by atomic mass is 10.3. The summed E-state index contributed by atoms with van der Waals surface area (Å²) in [6, 6.07) is 0. The molecule has 1 rings (SSSR count). The summed E-state index contributed by atoms with van der Waals surface area (Å²) in [7, 11) is 0. The molecule has 0 aromatic rings. The van der Waals surface area contributed by atoms with Gasteiger partial charge in [0.1, 0.15) is 6.26 Å². The Bertz CT molecular complexity index is 263. The zero-order valence-electron chi connectivity index (χ0n) is 8.41. The molecule has 0 unspecified atom stereocenters. The van der Waals surface area contributed by atoms with Gasteiger partial charge in [-0.2, -0.15) is 0 Å². The summed E-state index contributed by atoms with van der Waals surface area (Å²) in [6.45, 7) is 3.60. The third kappa shape index (κ3) is 3.20. The maximum atomic E-state index is 11.1. The molecule has 4 heteroatoms. The summed E-state index contributed by atoms with van der Waals surface area (Å²) in [6.07, 6.45) is 2.95. The molecule has 0 amide bonds. The van der Waals surface area contributed by atoms with Crippen LogP contribution in [0.4, 0.5) is 0 Å². The molecular weight excluding hydrogens is 184 g/mol. The van der Waals surface area contributed by atoms with Crippen molar-refractivity contribution in [2.24, 2.45) is 5.92 Å².